The Balaban J connectivity index is 0.00000289. The van der Waals surface area contributed by atoms with Crippen molar-refractivity contribution in [1.29, 1.82) is 0 Å². The maximum atomic E-state index is 12.6. The van der Waals surface area contributed by atoms with Gasteiger partial charge in [0.05, 0.1) is 30.6 Å². The molecule has 190 valence electrons. The van der Waals surface area contributed by atoms with Crippen molar-refractivity contribution in [1.82, 2.24) is 15.3 Å². The number of benzene rings is 1. The van der Waals surface area contributed by atoms with E-state index in [0.717, 1.165) is 42.1 Å². The number of rotatable bonds is 10. The van der Waals surface area contributed by atoms with Crippen LogP contribution in [0.25, 0.3) is 10.9 Å². The molecule has 11 heteroatoms. The Labute approximate surface area is 213 Å². The van der Waals surface area contributed by atoms with Gasteiger partial charge in [0, 0.05) is 38.6 Å². The largest absolute Gasteiger partial charge is 0.387 e. The van der Waals surface area contributed by atoms with E-state index in [1.54, 1.807) is 14.2 Å². The second-order valence-electron chi connectivity index (χ2n) is 8.13. The minimum Gasteiger partial charge on any atom is -0.387 e. The van der Waals surface area contributed by atoms with Crippen molar-refractivity contribution in [3.05, 3.63) is 29.6 Å². The first-order chi connectivity index (χ1) is 15.5. The minimum absolute atomic E-state index is 0. The van der Waals surface area contributed by atoms with Crippen molar-refractivity contribution in [3.8, 4) is 0 Å². The molecule has 3 rings (SSSR count). The summed E-state index contributed by atoms with van der Waals surface area (Å²) in [7, 11) is 3.25. The third-order valence-corrected chi connectivity index (χ3v) is 5.59. The lowest BCUT2D eigenvalue weighted by molar-refractivity contribution is 0.0927. The number of amides is 1. The van der Waals surface area contributed by atoms with E-state index in [2.05, 4.69) is 20.6 Å². The quantitative estimate of drug-likeness (QED) is 0.252. The molecule has 34 heavy (non-hydrogen) atoms. The zero-order valence-corrected chi connectivity index (χ0v) is 21.6. The zero-order valence-electron chi connectivity index (χ0n) is 20.0. The maximum Gasteiger partial charge on any atom is 0.289 e. The Hall–Kier alpha value is -2.20. The summed E-state index contributed by atoms with van der Waals surface area (Å²) in [6.07, 6.45) is 4.74. The number of hydrogen-bond acceptors (Lipinski definition) is 7. The average molecular weight is 515 g/mol. The van der Waals surface area contributed by atoms with Gasteiger partial charge in [-0.1, -0.05) is 24.5 Å². The number of carbonyl (C=O) groups excluding carboxylic acids is 1. The van der Waals surface area contributed by atoms with E-state index in [4.69, 9.17) is 20.2 Å². The van der Waals surface area contributed by atoms with Gasteiger partial charge >= 0.3 is 0 Å². The van der Waals surface area contributed by atoms with Crippen LogP contribution in [-0.4, -0.2) is 67.8 Å². The number of anilines is 1. The third-order valence-electron chi connectivity index (χ3n) is 5.59. The fourth-order valence-electron chi connectivity index (χ4n) is 3.89. The molecule has 0 radical (unpaired) electrons. The van der Waals surface area contributed by atoms with Crippen LogP contribution in [0.3, 0.4) is 0 Å². The number of aryl methyl sites for hydroxylation is 1. The summed E-state index contributed by atoms with van der Waals surface area (Å²) in [6, 6.07) is 6.07. The maximum absolute atomic E-state index is 12.6. The highest BCUT2D eigenvalue weighted by Crippen LogP contribution is 2.28. The highest BCUT2D eigenvalue weighted by Gasteiger charge is 2.26. The van der Waals surface area contributed by atoms with Crippen LogP contribution < -0.4 is 16.4 Å². The smallest absolute Gasteiger partial charge is 0.289 e. The SMILES string of the molecule is COCCNC(=O)c1nc(N[C@H]2CCCC[C@H]2N=C(N)CCOC)c2cc(C)ccc2n1.Cl.Cl. The van der Waals surface area contributed by atoms with E-state index >= 15 is 0 Å². The first-order valence-electron chi connectivity index (χ1n) is 11.1. The Bertz CT molecular complexity index is 960. The van der Waals surface area contributed by atoms with Crippen molar-refractivity contribution in [3.63, 3.8) is 0 Å². The van der Waals surface area contributed by atoms with E-state index < -0.39 is 0 Å². The summed E-state index contributed by atoms with van der Waals surface area (Å²) < 4.78 is 10.1. The minimum atomic E-state index is -0.324. The fraction of sp³-hybridized carbons (Fsp3) is 0.565. The molecule has 1 aliphatic carbocycles. The lowest BCUT2D eigenvalue weighted by Crippen LogP contribution is -2.37. The second kappa shape index (κ2) is 14.9. The first kappa shape index (κ1) is 29.8. The van der Waals surface area contributed by atoms with Crippen LogP contribution in [0.15, 0.2) is 23.2 Å². The normalized spacial score (nSPS) is 18.0. The lowest BCUT2D eigenvalue weighted by Gasteiger charge is -2.30. The lowest BCUT2D eigenvalue weighted by atomic mass is 9.90. The Kier molecular flexibility index (Phi) is 13.1. The van der Waals surface area contributed by atoms with Crippen molar-refractivity contribution in [2.75, 3.05) is 39.3 Å². The van der Waals surface area contributed by atoms with E-state index in [0.29, 0.717) is 37.8 Å². The van der Waals surface area contributed by atoms with Crippen LogP contribution in [0.1, 0.15) is 48.3 Å². The molecule has 1 aromatic carbocycles. The van der Waals surface area contributed by atoms with Crippen molar-refractivity contribution >= 4 is 53.3 Å². The number of carbonyl (C=O) groups is 1. The van der Waals surface area contributed by atoms with Gasteiger partial charge < -0.3 is 25.8 Å². The van der Waals surface area contributed by atoms with Crippen molar-refractivity contribution in [2.45, 2.75) is 51.1 Å². The molecule has 1 amide bonds. The van der Waals surface area contributed by atoms with Crippen LogP contribution in [0.4, 0.5) is 5.82 Å². The Morgan fingerprint density at radius 2 is 1.88 bits per heavy atom. The topological polar surface area (TPSA) is 124 Å². The highest BCUT2D eigenvalue weighted by atomic mass is 35.5. The molecular weight excluding hydrogens is 479 g/mol. The number of methoxy groups -OCH3 is 2. The molecule has 4 N–H and O–H groups in total. The van der Waals surface area contributed by atoms with Crippen LogP contribution in [0, 0.1) is 6.92 Å². The van der Waals surface area contributed by atoms with Crippen molar-refractivity contribution < 1.29 is 14.3 Å². The Morgan fingerprint density at radius 3 is 2.62 bits per heavy atom. The summed E-state index contributed by atoms with van der Waals surface area (Å²) in [6.45, 7) is 3.40. The number of halogens is 2. The number of amidine groups is 1. The summed E-state index contributed by atoms with van der Waals surface area (Å²) in [5.41, 5.74) is 7.95. The molecule has 1 heterocycles. The van der Waals surface area contributed by atoms with Crippen LogP contribution in [0.2, 0.25) is 0 Å². The highest BCUT2D eigenvalue weighted by molar-refractivity contribution is 5.96. The molecule has 9 nitrogen and oxygen atoms in total. The summed E-state index contributed by atoms with van der Waals surface area (Å²) in [5, 5.41) is 7.26. The number of nitrogens with two attached hydrogens (primary N) is 1. The van der Waals surface area contributed by atoms with Crippen molar-refractivity contribution in [2.24, 2.45) is 10.7 Å². The van der Waals surface area contributed by atoms with Gasteiger partial charge in [0.1, 0.15) is 5.82 Å². The van der Waals surface area contributed by atoms with Crippen LogP contribution in [-0.2, 0) is 9.47 Å². The molecule has 1 aromatic heterocycles. The van der Waals surface area contributed by atoms with Gasteiger partial charge in [-0.3, -0.25) is 9.79 Å². The zero-order chi connectivity index (χ0) is 22.9. The molecule has 1 fully saturated rings. The molecule has 0 unspecified atom stereocenters. The van der Waals surface area contributed by atoms with Gasteiger partial charge in [0.25, 0.3) is 5.91 Å². The average Bonchev–Trinajstić information content (AvgIpc) is 2.79. The predicted octanol–water partition coefficient (Wildman–Crippen LogP) is 3.27. The molecule has 1 aliphatic rings. The number of aromatic nitrogens is 2. The van der Waals surface area contributed by atoms with Gasteiger partial charge in [0.15, 0.2) is 0 Å². The fourth-order valence-corrected chi connectivity index (χ4v) is 3.89. The number of ether oxygens (including phenoxy) is 2. The number of nitrogens with zero attached hydrogens (tertiary/aromatic N) is 3. The molecule has 0 bridgehead atoms. The van der Waals surface area contributed by atoms with Crippen LogP contribution in [0.5, 0.6) is 0 Å². The van der Waals surface area contributed by atoms with Crippen LogP contribution >= 0.6 is 24.8 Å². The van der Waals surface area contributed by atoms with Gasteiger partial charge in [-0.2, -0.15) is 0 Å². The summed E-state index contributed by atoms with van der Waals surface area (Å²) in [5.74, 6) is 1.07. The number of nitrogens with one attached hydrogen (secondary N) is 2. The number of fused-ring (bicyclic) bond motifs is 1. The number of hydrogen-bond donors (Lipinski definition) is 3. The molecular formula is C23H36Cl2N6O3. The molecule has 0 saturated heterocycles. The molecule has 0 spiro atoms. The van der Waals surface area contributed by atoms with E-state index in [9.17, 15) is 4.79 Å². The molecule has 0 aliphatic heterocycles. The van der Waals surface area contributed by atoms with E-state index in [1.165, 1.54) is 0 Å². The molecule has 2 atom stereocenters. The van der Waals surface area contributed by atoms with E-state index in [1.807, 2.05) is 25.1 Å². The van der Waals surface area contributed by atoms with Gasteiger partial charge in [-0.05, 0) is 31.9 Å². The second-order valence-corrected chi connectivity index (χ2v) is 8.13. The monoisotopic (exact) mass is 514 g/mol. The summed E-state index contributed by atoms with van der Waals surface area (Å²) in [4.78, 5) is 26.5. The first-order valence-corrected chi connectivity index (χ1v) is 11.1. The van der Waals surface area contributed by atoms with Gasteiger partial charge in [0.2, 0.25) is 5.82 Å². The predicted molar refractivity (Wildman–Crippen MR) is 141 cm³/mol. The van der Waals surface area contributed by atoms with Gasteiger partial charge in [-0.25, -0.2) is 9.97 Å². The summed E-state index contributed by atoms with van der Waals surface area (Å²) >= 11 is 0. The Morgan fingerprint density at radius 1 is 1.15 bits per heavy atom. The third kappa shape index (κ3) is 8.23. The van der Waals surface area contributed by atoms with Gasteiger partial charge in [-0.15, -0.1) is 24.8 Å². The number of aliphatic imine (C=N–C) groups is 1. The van der Waals surface area contributed by atoms with E-state index in [-0.39, 0.29) is 48.6 Å². The molecule has 1 saturated carbocycles. The standard InChI is InChI=1S/C23H34N6O3.2ClH/c1-15-8-9-17-16(14-15)21(29-22(27-17)23(30)25-11-13-32-3)28-19-7-5-4-6-18(19)26-20(24)10-12-31-2;;/h8-9,14,18-19H,4-7,10-13H2,1-3H3,(H2,24,26)(H,25,30)(H,27,28,29);2*1H/t18-,19+;;/m1../s1. The molecule has 2 aromatic rings.